The van der Waals surface area contributed by atoms with E-state index in [2.05, 4.69) is 35.5 Å². The van der Waals surface area contributed by atoms with Gasteiger partial charge in [-0.25, -0.2) is 13.4 Å². The van der Waals surface area contributed by atoms with Crippen LogP contribution in [0.15, 0.2) is 47.4 Å². The smallest absolute Gasteiger partial charge is 0.261 e. The molecule has 0 fully saturated rings. The highest BCUT2D eigenvalue weighted by Gasteiger charge is 2.22. The topological polar surface area (TPSA) is 74.8 Å². The predicted molar refractivity (Wildman–Crippen MR) is 96.8 cm³/mol. The molecule has 0 saturated heterocycles. The molecule has 0 amide bonds. The summed E-state index contributed by atoms with van der Waals surface area (Å²) in [5, 5.41) is 0. The van der Waals surface area contributed by atoms with Crippen molar-refractivity contribution in [1.82, 2.24) is 9.97 Å². The zero-order valence-corrected chi connectivity index (χ0v) is 15.0. The average molecular weight is 343 g/mol. The number of aryl methyl sites for hydroxylation is 1. The molecule has 1 aromatic heterocycles. The minimum Gasteiger partial charge on any atom is -0.342 e. The molecule has 5 nitrogen and oxygen atoms in total. The summed E-state index contributed by atoms with van der Waals surface area (Å²) in [6, 6.07) is 12.4. The maximum atomic E-state index is 12.8. The summed E-state index contributed by atoms with van der Waals surface area (Å²) in [5.41, 5.74) is 2.85. The SMILES string of the molecule is Cc1nc2ccc(S(=O)(=O)Nc3ccccc3C(C)(C)C)cc2[nH]1. The number of imidazole rings is 1. The molecule has 0 aliphatic heterocycles. The number of anilines is 1. The van der Waals surface area contributed by atoms with Crippen LogP contribution in [0.25, 0.3) is 11.0 Å². The number of hydrogen-bond donors (Lipinski definition) is 2. The maximum absolute atomic E-state index is 12.8. The second-order valence-electron chi connectivity index (χ2n) is 6.90. The van der Waals surface area contributed by atoms with E-state index >= 15 is 0 Å². The minimum absolute atomic E-state index is 0.163. The molecule has 0 spiro atoms. The van der Waals surface area contributed by atoms with Crippen molar-refractivity contribution in [2.75, 3.05) is 4.72 Å². The van der Waals surface area contributed by atoms with Crippen molar-refractivity contribution in [3.05, 3.63) is 53.9 Å². The summed E-state index contributed by atoms with van der Waals surface area (Å²) in [4.78, 5) is 7.57. The van der Waals surface area contributed by atoms with Gasteiger partial charge in [-0.3, -0.25) is 4.72 Å². The van der Waals surface area contributed by atoms with Gasteiger partial charge < -0.3 is 4.98 Å². The molecule has 0 unspecified atom stereocenters. The van der Waals surface area contributed by atoms with Gasteiger partial charge in [0.1, 0.15) is 5.82 Å². The largest absolute Gasteiger partial charge is 0.342 e. The number of rotatable bonds is 3. The Morgan fingerprint density at radius 1 is 1.08 bits per heavy atom. The molecule has 3 aromatic rings. The first-order valence-electron chi connectivity index (χ1n) is 7.75. The van der Waals surface area contributed by atoms with E-state index in [0.29, 0.717) is 11.2 Å². The fraction of sp³-hybridized carbons (Fsp3) is 0.278. The van der Waals surface area contributed by atoms with E-state index < -0.39 is 10.0 Å². The van der Waals surface area contributed by atoms with Gasteiger partial charge in [0.05, 0.1) is 21.6 Å². The quantitative estimate of drug-likeness (QED) is 0.755. The van der Waals surface area contributed by atoms with Crippen LogP contribution in [-0.2, 0) is 15.4 Å². The Morgan fingerprint density at radius 3 is 2.50 bits per heavy atom. The van der Waals surface area contributed by atoms with Gasteiger partial charge in [0.15, 0.2) is 0 Å². The summed E-state index contributed by atoms with van der Waals surface area (Å²) in [7, 11) is -3.68. The Morgan fingerprint density at radius 2 is 1.79 bits per heavy atom. The number of fused-ring (bicyclic) bond motifs is 1. The van der Waals surface area contributed by atoms with Crippen molar-refractivity contribution in [2.45, 2.75) is 38.0 Å². The van der Waals surface area contributed by atoms with E-state index in [1.54, 1.807) is 24.3 Å². The lowest BCUT2D eigenvalue weighted by molar-refractivity contribution is 0.590. The third-order valence-electron chi connectivity index (χ3n) is 3.86. The normalized spacial score (nSPS) is 12.5. The fourth-order valence-electron chi connectivity index (χ4n) is 2.71. The monoisotopic (exact) mass is 343 g/mol. The van der Waals surface area contributed by atoms with E-state index in [1.165, 1.54) is 0 Å². The van der Waals surface area contributed by atoms with Crippen LogP contribution in [0.1, 0.15) is 32.2 Å². The second-order valence-corrected chi connectivity index (χ2v) is 8.58. The van der Waals surface area contributed by atoms with Crippen LogP contribution in [0, 0.1) is 6.92 Å². The van der Waals surface area contributed by atoms with Crippen molar-refractivity contribution in [2.24, 2.45) is 0 Å². The molecule has 2 aromatic carbocycles. The molecular weight excluding hydrogens is 322 g/mol. The highest BCUT2D eigenvalue weighted by Crippen LogP contribution is 2.31. The van der Waals surface area contributed by atoms with Crippen LogP contribution in [0.2, 0.25) is 0 Å². The van der Waals surface area contributed by atoms with Crippen molar-refractivity contribution >= 4 is 26.7 Å². The second kappa shape index (κ2) is 5.63. The van der Waals surface area contributed by atoms with E-state index in [0.717, 1.165) is 16.9 Å². The third kappa shape index (κ3) is 3.14. The molecule has 24 heavy (non-hydrogen) atoms. The van der Waals surface area contributed by atoms with E-state index in [-0.39, 0.29) is 10.3 Å². The number of aromatic nitrogens is 2. The number of aromatic amines is 1. The van der Waals surface area contributed by atoms with Crippen LogP contribution in [0.5, 0.6) is 0 Å². The molecule has 2 N–H and O–H groups in total. The highest BCUT2D eigenvalue weighted by atomic mass is 32.2. The lowest BCUT2D eigenvalue weighted by Gasteiger charge is -2.23. The standard InChI is InChI=1S/C18H21N3O2S/c1-12-19-16-10-9-13(11-17(16)20-12)24(22,23)21-15-8-6-5-7-14(15)18(2,3)4/h5-11,21H,1-4H3,(H,19,20). The zero-order chi connectivity index (χ0) is 17.5. The summed E-state index contributed by atoms with van der Waals surface area (Å²) < 4.78 is 28.3. The molecule has 1 heterocycles. The number of benzene rings is 2. The molecular formula is C18H21N3O2S. The first kappa shape index (κ1) is 16.5. The van der Waals surface area contributed by atoms with Crippen LogP contribution in [-0.4, -0.2) is 18.4 Å². The highest BCUT2D eigenvalue weighted by molar-refractivity contribution is 7.92. The number of para-hydroxylation sites is 1. The van der Waals surface area contributed by atoms with Crippen LogP contribution >= 0.6 is 0 Å². The Balaban J connectivity index is 2.02. The van der Waals surface area contributed by atoms with Gasteiger partial charge in [-0.1, -0.05) is 39.0 Å². The van der Waals surface area contributed by atoms with Crippen LogP contribution in [0.3, 0.4) is 0 Å². The van der Waals surface area contributed by atoms with Gasteiger partial charge in [0.25, 0.3) is 10.0 Å². The minimum atomic E-state index is -3.68. The van der Waals surface area contributed by atoms with Gasteiger partial charge in [-0.05, 0) is 42.2 Å². The van der Waals surface area contributed by atoms with Crippen molar-refractivity contribution in [3.63, 3.8) is 0 Å². The lowest BCUT2D eigenvalue weighted by Crippen LogP contribution is -2.19. The van der Waals surface area contributed by atoms with E-state index in [9.17, 15) is 8.42 Å². The summed E-state index contributed by atoms with van der Waals surface area (Å²) in [6.07, 6.45) is 0. The van der Waals surface area contributed by atoms with Gasteiger partial charge in [-0.15, -0.1) is 0 Å². The van der Waals surface area contributed by atoms with Gasteiger partial charge in [-0.2, -0.15) is 0 Å². The zero-order valence-electron chi connectivity index (χ0n) is 14.2. The average Bonchev–Trinajstić information content (AvgIpc) is 2.85. The molecule has 0 aliphatic carbocycles. The third-order valence-corrected chi connectivity index (χ3v) is 5.22. The Hall–Kier alpha value is -2.34. The molecule has 6 heteroatoms. The maximum Gasteiger partial charge on any atom is 0.261 e. The first-order chi connectivity index (χ1) is 11.2. The molecule has 0 saturated carbocycles. The van der Waals surface area contributed by atoms with Gasteiger partial charge >= 0.3 is 0 Å². The van der Waals surface area contributed by atoms with Crippen molar-refractivity contribution in [3.8, 4) is 0 Å². The predicted octanol–water partition coefficient (Wildman–Crippen LogP) is 3.97. The Kier molecular flexibility index (Phi) is 3.87. The number of H-pyrrole nitrogens is 1. The van der Waals surface area contributed by atoms with Gasteiger partial charge in [0, 0.05) is 0 Å². The van der Waals surface area contributed by atoms with Crippen LogP contribution < -0.4 is 4.72 Å². The first-order valence-corrected chi connectivity index (χ1v) is 9.24. The molecule has 126 valence electrons. The Bertz CT molecular complexity index is 999. The van der Waals surface area contributed by atoms with E-state index in [4.69, 9.17) is 0 Å². The Labute approximate surface area is 142 Å². The fourth-order valence-corrected chi connectivity index (χ4v) is 3.82. The summed E-state index contributed by atoms with van der Waals surface area (Å²) in [5.74, 6) is 0.755. The summed E-state index contributed by atoms with van der Waals surface area (Å²) in [6.45, 7) is 8.00. The molecule has 3 rings (SSSR count). The number of nitrogens with one attached hydrogen (secondary N) is 2. The van der Waals surface area contributed by atoms with Crippen molar-refractivity contribution < 1.29 is 8.42 Å². The number of hydrogen-bond acceptors (Lipinski definition) is 3. The van der Waals surface area contributed by atoms with E-state index in [1.807, 2.05) is 25.1 Å². The van der Waals surface area contributed by atoms with Crippen LogP contribution in [0.4, 0.5) is 5.69 Å². The molecule has 0 bridgehead atoms. The van der Waals surface area contributed by atoms with Crippen molar-refractivity contribution in [1.29, 1.82) is 0 Å². The van der Waals surface area contributed by atoms with Gasteiger partial charge in [0.2, 0.25) is 0 Å². The summed E-state index contributed by atoms with van der Waals surface area (Å²) >= 11 is 0. The molecule has 0 radical (unpaired) electrons. The lowest BCUT2D eigenvalue weighted by atomic mass is 9.86. The molecule has 0 atom stereocenters. The number of sulfonamides is 1. The number of nitrogens with zero attached hydrogens (tertiary/aromatic N) is 1. The molecule has 0 aliphatic rings.